The molecule has 0 aromatic carbocycles. The lowest BCUT2D eigenvalue weighted by molar-refractivity contribution is -0.129. The van der Waals surface area contributed by atoms with E-state index in [1.54, 1.807) is 6.26 Å². The zero-order valence-corrected chi connectivity index (χ0v) is 8.52. The van der Waals surface area contributed by atoms with Crippen LogP contribution in [0.4, 0.5) is 0 Å². The molecule has 72 valence electrons. The molecule has 0 atom stereocenters. The Balaban J connectivity index is 4.92. The molecule has 0 aromatic heterocycles. The van der Waals surface area contributed by atoms with Crippen LogP contribution in [0.15, 0.2) is 27.8 Å². The van der Waals surface area contributed by atoms with Crippen molar-refractivity contribution in [2.45, 2.75) is 0 Å². The van der Waals surface area contributed by atoms with Crippen LogP contribution in [0.1, 0.15) is 0 Å². The second-order valence-corrected chi connectivity index (χ2v) is 3.16. The van der Waals surface area contributed by atoms with Crippen LogP contribution in [0.5, 0.6) is 0 Å². The Kier molecular flexibility index (Phi) is 5.25. The second kappa shape index (κ2) is 5.66. The van der Waals surface area contributed by atoms with Gasteiger partial charge in [0.15, 0.2) is 5.71 Å². The molecule has 4 nitrogen and oxygen atoms in total. The average Bonchev–Trinajstić information content (AvgIpc) is 2.11. The van der Waals surface area contributed by atoms with Gasteiger partial charge in [0.05, 0.1) is 10.1 Å². The van der Waals surface area contributed by atoms with Crippen LogP contribution in [-0.2, 0) is 4.79 Å². The fourth-order valence-electron chi connectivity index (χ4n) is 0.453. The summed E-state index contributed by atoms with van der Waals surface area (Å²) in [6, 6.07) is 0. The first-order valence-electron chi connectivity index (χ1n) is 3.15. The molecule has 0 aliphatic rings. The van der Waals surface area contributed by atoms with Gasteiger partial charge in [-0.2, -0.15) is 0 Å². The van der Waals surface area contributed by atoms with E-state index >= 15 is 0 Å². The minimum absolute atomic E-state index is 0.109. The SMILES string of the molecule is C=C(/N=C(C(=O)O)\C(Cl)=C/N)SC. The summed E-state index contributed by atoms with van der Waals surface area (Å²) in [5.41, 5.74) is 4.75. The lowest BCUT2D eigenvalue weighted by atomic mass is 10.3. The summed E-state index contributed by atoms with van der Waals surface area (Å²) in [5.74, 6) is -1.23. The largest absolute Gasteiger partial charge is 0.476 e. The number of carboxylic acids is 1. The highest BCUT2D eigenvalue weighted by Crippen LogP contribution is 2.13. The maximum absolute atomic E-state index is 10.6. The molecule has 0 amide bonds. The summed E-state index contributed by atoms with van der Waals surface area (Å²) in [6.07, 6.45) is 2.70. The molecule has 0 radical (unpaired) electrons. The van der Waals surface area contributed by atoms with Gasteiger partial charge in [0.25, 0.3) is 0 Å². The van der Waals surface area contributed by atoms with E-state index in [0.29, 0.717) is 5.03 Å². The van der Waals surface area contributed by atoms with Gasteiger partial charge in [-0.15, -0.1) is 11.8 Å². The van der Waals surface area contributed by atoms with Crippen LogP contribution in [0, 0.1) is 0 Å². The van der Waals surface area contributed by atoms with E-state index in [4.69, 9.17) is 22.4 Å². The Morgan fingerprint density at radius 1 is 1.77 bits per heavy atom. The smallest absolute Gasteiger partial charge is 0.356 e. The van der Waals surface area contributed by atoms with Crippen LogP contribution in [0.3, 0.4) is 0 Å². The molecule has 0 aromatic rings. The van der Waals surface area contributed by atoms with Gasteiger partial charge in [0.2, 0.25) is 0 Å². The first-order valence-corrected chi connectivity index (χ1v) is 4.75. The summed E-state index contributed by atoms with van der Waals surface area (Å²) >= 11 is 6.73. The summed E-state index contributed by atoms with van der Waals surface area (Å²) < 4.78 is 0. The van der Waals surface area contributed by atoms with E-state index in [9.17, 15) is 4.79 Å². The zero-order chi connectivity index (χ0) is 10.4. The fraction of sp³-hybridized carbons (Fsp3) is 0.143. The lowest BCUT2D eigenvalue weighted by Crippen LogP contribution is -2.14. The van der Waals surface area contributed by atoms with Crippen molar-refractivity contribution in [2.24, 2.45) is 10.7 Å². The van der Waals surface area contributed by atoms with Gasteiger partial charge < -0.3 is 10.8 Å². The minimum atomic E-state index is -1.23. The van der Waals surface area contributed by atoms with E-state index in [-0.39, 0.29) is 10.7 Å². The van der Waals surface area contributed by atoms with Crippen molar-refractivity contribution >= 4 is 35.0 Å². The number of halogens is 1. The van der Waals surface area contributed by atoms with Crippen molar-refractivity contribution < 1.29 is 9.90 Å². The van der Waals surface area contributed by atoms with Crippen molar-refractivity contribution in [2.75, 3.05) is 6.26 Å². The Labute approximate surface area is 85.2 Å². The molecule has 0 aliphatic carbocycles. The molecule has 13 heavy (non-hydrogen) atoms. The molecular formula is C7H9ClN2O2S. The molecule has 0 aliphatic heterocycles. The summed E-state index contributed by atoms with van der Waals surface area (Å²) in [6.45, 7) is 3.50. The third-order valence-corrected chi connectivity index (χ3v) is 1.91. The standard InChI is InChI=1S/C7H9ClN2O2S/c1-4(13-2)10-6(7(11)12)5(8)3-9/h3H,1,9H2,2H3,(H,11,12)/b5-3+,10-6+. The molecule has 0 bridgehead atoms. The van der Waals surface area contributed by atoms with Crippen LogP contribution >= 0.6 is 23.4 Å². The number of hydrogen-bond acceptors (Lipinski definition) is 4. The van der Waals surface area contributed by atoms with Gasteiger partial charge in [-0.05, 0) is 6.26 Å². The molecule has 0 heterocycles. The third-order valence-electron chi connectivity index (χ3n) is 1.05. The fourth-order valence-corrected chi connectivity index (χ4v) is 0.758. The van der Waals surface area contributed by atoms with E-state index in [1.807, 2.05) is 0 Å². The molecule has 0 unspecified atom stereocenters. The maximum atomic E-state index is 10.6. The van der Waals surface area contributed by atoms with Gasteiger partial charge >= 0.3 is 5.97 Å². The Morgan fingerprint density at radius 2 is 2.31 bits per heavy atom. The predicted octanol–water partition coefficient (Wildman–Crippen LogP) is 1.39. The Bertz CT molecular complexity index is 286. The zero-order valence-electron chi connectivity index (χ0n) is 6.95. The number of thioether (sulfide) groups is 1. The third kappa shape index (κ3) is 4.00. The predicted molar refractivity (Wildman–Crippen MR) is 55.8 cm³/mol. The number of carboxylic acid groups (broad SMARTS) is 1. The Hall–Kier alpha value is -0.940. The highest BCUT2D eigenvalue weighted by molar-refractivity contribution is 8.02. The molecule has 0 spiro atoms. The maximum Gasteiger partial charge on any atom is 0.356 e. The number of hydrogen-bond donors (Lipinski definition) is 2. The van der Waals surface area contributed by atoms with Crippen LogP contribution in [0.2, 0.25) is 0 Å². The number of rotatable bonds is 4. The first kappa shape index (κ1) is 12.1. The summed E-state index contributed by atoms with van der Waals surface area (Å²) in [7, 11) is 0. The molecule has 0 saturated carbocycles. The molecule has 0 fully saturated rings. The van der Waals surface area contributed by atoms with Gasteiger partial charge in [-0.1, -0.05) is 18.2 Å². The van der Waals surface area contributed by atoms with Crippen LogP contribution < -0.4 is 5.73 Å². The minimum Gasteiger partial charge on any atom is -0.476 e. The summed E-state index contributed by atoms with van der Waals surface area (Å²) in [4.78, 5) is 14.3. The van der Waals surface area contributed by atoms with E-state index in [2.05, 4.69) is 11.6 Å². The average molecular weight is 221 g/mol. The normalized spacial score (nSPS) is 12.8. The van der Waals surface area contributed by atoms with Gasteiger partial charge in [-0.3, -0.25) is 0 Å². The second-order valence-electron chi connectivity index (χ2n) is 1.88. The van der Waals surface area contributed by atoms with E-state index < -0.39 is 5.97 Å². The molecule has 3 N–H and O–H groups in total. The van der Waals surface area contributed by atoms with Gasteiger partial charge in [-0.25, -0.2) is 9.79 Å². The quantitative estimate of drug-likeness (QED) is 0.702. The highest BCUT2D eigenvalue weighted by Gasteiger charge is 2.13. The van der Waals surface area contributed by atoms with E-state index in [0.717, 1.165) is 6.20 Å². The monoisotopic (exact) mass is 220 g/mol. The van der Waals surface area contributed by atoms with Crippen molar-refractivity contribution in [3.05, 3.63) is 22.8 Å². The van der Waals surface area contributed by atoms with Crippen molar-refractivity contribution in [1.82, 2.24) is 0 Å². The number of aliphatic carboxylic acids is 1. The van der Waals surface area contributed by atoms with E-state index in [1.165, 1.54) is 11.8 Å². The number of nitrogens with two attached hydrogens (primary N) is 1. The van der Waals surface area contributed by atoms with Crippen molar-refractivity contribution in [3.8, 4) is 0 Å². The van der Waals surface area contributed by atoms with Crippen molar-refractivity contribution in [3.63, 3.8) is 0 Å². The highest BCUT2D eigenvalue weighted by atomic mass is 35.5. The van der Waals surface area contributed by atoms with Gasteiger partial charge in [0.1, 0.15) is 0 Å². The van der Waals surface area contributed by atoms with Crippen LogP contribution in [0.25, 0.3) is 0 Å². The topological polar surface area (TPSA) is 75.7 Å². The number of carbonyl (C=O) groups is 1. The Morgan fingerprint density at radius 3 is 2.62 bits per heavy atom. The summed E-state index contributed by atoms with van der Waals surface area (Å²) in [5, 5.41) is 8.91. The molecule has 6 heteroatoms. The number of aliphatic imine (C=N–C) groups is 1. The molecule has 0 rings (SSSR count). The van der Waals surface area contributed by atoms with Crippen LogP contribution in [-0.4, -0.2) is 23.0 Å². The van der Waals surface area contributed by atoms with Gasteiger partial charge in [0, 0.05) is 6.20 Å². The van der Waals surface area contributed by atoms with Crippen molar-refractivity contribution in [1.29, 1.82) is 0 Å². The lowest BCUT2D eigenvalue weighted by Gasteiger charge is -1.99. The number of nitrogens with zero attached hydrogens (tertiary/aromatic N) is 1. The first-order chi connectivity index (χ1) is 6.02. The molecular weight excluding hydrogens is 212 g/mol. The molecule has 0 saturated heterocycles.